The molecule has 1 unspecified atom stereocenters. The quantitative estimate of drug-likeness (QED) is 0.924. The molecule has 122 valence electrons. The van der Waals surface area contributed by atoms with Crippen molar-refractivity contribution in [1.82, 2.24) is 9.97 Å². The predicted molar refractivity (Wildman–Crippen MR) is 87.4 cm³/mol. The first-order chi connectivity index (χ1) is 11.3. The van der Waals surface area contributed by atoms with Gasteiger partial charge in [0.2, 0.25) is 5.95 Å². The maximum atomic E-state index is 9.42. The number of ether oxygens (including phenoxy) is 1. The molecule has 6 heteroatoms. The smallest absolute Gasteiger partial charge is 0.224 e. The van der Waals surface area contributed by atoms with Crippen LogP contribution in [0, 0.1) is 11.3 Å². The number of anilines is 2. The summed E-state index contributed by atoms with van der Waals surface area (Å²) in [5.74, 6) is 1.43. The molecular formula is C17H23N5O. The van der Waals surface area contributed by atoms with Gasteiger partial charge in [0.1, 0.15) is 11.6 Å². The topological polar surface area (TPSA) is 74.1 Å². The Morgan fingerprint density at radius 1 is 1.30 bits per heavy atom. The molecule has 1 atom stereocenters. The van der Waals surface area contributed by atoms with E-state index in [1.165, 1.54) is 32.1 Å². The minimum atomic E-state index is 0.0576. The third-order valence-electron chi connectivity index (χ3n) is 5.54. The van der Waals surface area contributed by atoms with Crippen LogP contribution in [0.2, 0.25) is 0 Å². The van der Waals surface area contributed by atoms with Gasteiger partial charge in [0, 0.05) is 19.2 Å². The molecule has 0 radical (unpaired) electrons. The highest BCUT2D eigenvalue weighted by Gasteiger charge is 2.49. The van der Waals surface area contributed by atoms with Gasteiger partial charge in [-0.25, -0.2) is 4.98 Å². The zero-order chi connectivity index (χ0) is 15.7. The summed E-state index contributed by atoms with van der Waals surface area (Å²) >= 11 is 0. The van der Waals surface area contributed by atoms with Crippen LogP contribution in [0.15, 0.2) is 6.20 Å². The van der Waals surface area contributed by atoms with Gasteiger partial charge in [0.05, 0.1) is 18.3 Å². The van der Waals surface area contributed by atoms with Gasteiger partial charge in [0.25, 0.3) is 0 Å². The van der Waals surface area contributed by atoms with E-state index in [1.807, 2.05) is 0 Å². The van der Waals surface area contributed by atoms with E-state index >= 15 is 0 Å². The molecule has 4 rings (SSSR count). The van der Waals surface area contributed by atoms with Crippen molar-refractivity contribution in [2.75, 3.05) is 30.0 Å². The van der Waals surface area contributed by atoms with Crippen molar-refractivity contribution in [3.05, 3.63) is 11.8 Å². The summed E-state index contributed by atoms with van der Waals surface area (Å²) in [5, 5.41) is 12.9. The normalized spacial score (nSPS) is 27.7. The Balaban J connectivity index is 1.57. The molecule has 1 aromatic heterocycles. The Hall–Kier alpha value is -1.87. The zero-order valence-corrected chi connectivity index (χ0v) is 13.4. The number of nitrogens with one attached hydrogen (secondary N) is 1. The summed E-state index contributed by atoms with van der Waals surface area (Å²) in [5.41, 5.74) is 0.618. The van der Waals surface area contributed by atoms with Crippen molar-refractivity contribution in [1.29, 1.82) is 5.26 Å². The Morgan fingerprint density at radius 2 is 2.17 bits per heavy atom. The highest BCUT2D eigenvalue weighted by atomic mass is 16.5. The molecule has 0 bridgehead atoms. The number of nitriles is 1. The summed E-state index contributed by atoms with van der Waals surface area (Å²) in [6.07, 6.45) is 10.0. The predicted octanol–water partition coefficient (Wildman–Crippen LogP) is 2.46. The van der Waals surface area contributed by atoms with Crippen LogP contribution in [0.5, 0.6) is 0 Å². The van der Waals surface area contributed by atoms with E-state index in [2.05, 4.69) is 21.3 Å². The highest BCUT2D eigenvalue weighted by Crippen LogP contribution is 2.41. The summed E-state index contributed by atoms with van der Waals surface area (Å²) in [7, 11) is 0. The summed E-state index contributed by atoms with van der Waals surface area (Å²) in [6, 6.07) is 2.71. The second-order valence-electron chi connectivity index (χ2n) is 6.95. The van der Waals surface area contributed by atoms with Crippen LogP contribution in [0.1, 0.15) is 50.5 Å². The molecule has 2 aliphatic heterocycles. The lowest BCUT2D eigenvalue weighted by Crippen LogP contribution is -2.61. The van der Waals surface area contributed by atoms with Gasteiger partial charge in [-0.05, 0) is 25.7 Å². The molecule has 1 spiro atoms. The molecule has 1 aliphatic carbocycles. The lowest BCUT2D eigenvalue weighted by molar-refractivity contribution is 0.156. The van der Waals surface area contributed by atoms with E-state index < -0.39 is 0 Å². The van der Waals surface area contributed by atoms with Crippen molar-refractivity contribution >= 4 is 11.8 Å². The van der Waals surface area contributed by atoms with Crippen LogP contribution in [0.25, 0.3) is 0 Å². The monoisotopic (exact) mass is 313 g/mol. The van der Waals surface area contributed by atoms with Gasteiger partial charge in [0.15, 0.2) is 5.82 Å². The average molecular weight is 313 g/mol. The van der Waals surface area contributed by atoms with E-state index in [4.69, 9.17) is 9.72 Å². The Morgan fingerprint density at radius 3 is 2.83 bits per heavy atom. The van der Waals surface area contributed by atoms with Crippen molar-refractivity contribution in [3.8, 4) is 6.07 Å². The fourth-order valence-electron chi connectivity index (χ4n) is 4.03. The number of nitrogens with zero attached hydrogens (tertiary/aromatic N) is 4. The molecular weight excluding hydrogens is 290 g/mol. The minimum Gasteiger partial charge on any atom is -0.379 e. The molecule has 23 heavy (non-hydrogen) atoms. The lowest BCUT2D eigenvalue weighted by atomic mass is 9.83. The largest absolute Gasteiger partial charge is 0.379 e. The van der Waals surface area contributed by atoms with Crippen LogP contribution in [0.3, 0.4) is 0 Å². The van der Waals surface area contributed by atoms with Crippen molar-refractivity contribution in [2.45, 2.75) is 56.5 Å². The molecule has 3 aliphatic rings. The minimum absolute atomic E-state index is 0.0576. The molecule has 1 saturated carbocycles. The van der Waals surface area contributed by atoms with Gasteiger partial charge in [-0.15, -0.1) is 0 Å². The molecule has 1 N–H and O–H groups in total. The van der Waals surface area contributed by atoms with Crippen LogP contribution < -0.4 is 10.2 Å². The van der Waals surface area contributed by atoms with Gasteiger partial charge in [-0.3, -0.25) is 0 Å². The van der Waals surface area contributed by atoms with Gasteiger partial charge in [-0.1, -0.05) is 19.3 Å². The lowest BCUT2D eigenvalue weighted by Gasteiger charge is -2.50. The fourth-order valence-corrected chi connectivity index (χ4v) is 4.03. The van der Waals surface area contributed by atoms with Crippen LogP contribution in [-0.4, -0.2) is 41.3 Å². The van der Waals surface area contributed by atoms with Crippen molar-refractivity contribution < 1.29 is 4.74 Å². The molecule has 6 nitrogen and oxygen atoms in total. The van der Waals surface area contributed by atoms with Gasteiger partial charge < -0.3 is 15.0 Å². The number of hydrogen-bond acceptors (Lipinski definition) is 6. The third kappa shape index (κ3) is 2.63. The first-order valence-electron chi connectivity index (χ1n) is 8.70. The van der Waals surface area contributed by atoms with E-state index in [1.54, 1.807) is 6.20 Å². The molecule has 3 heterocycles. The van der Waals surface area contributed by atoms with E-state index in [9.17, 15) is 5.26 Å². The molecule has 2 saturated heterocycles. The van der Waals surface area contributed by atoms with Crippen LogP contribution in [0.4, 0.5) is 11.8 Å². The zero-order valence-electron chi connectivity index (χ0n) is 13.4. The summed E-state index contributed by atoms with van der Waals surface area (Å²) in [4.78, 5) is 11.3. The Labute approximate surface area is 136 Å². The Kier molecular flexibility index (Phi) is 3.82. The third-order valence-corrected chi connectivity index (χ3v) is 5.54. The Bertz CT molecular complexity index is 614. The second kappa shape index (κ2) is 5.97. The molecule has 3 fully saturated rings. The van der Waals surface area contributed by atoms with Crippen molar-refractivity contribution in [2.24, 2.45) is 0 Å². The summed E-state index contributed by atoms with van der Waals surface area (Å²) < 4.78 is 5.60. The van der Waals surface area contributed by atoms with Gasteiger partial charge in [-0.2, -0.15) is 10.2 Å². The van der Waals surface area contributed by atoms with Gasteiger partial charge >= 0.3 is 0 Å². The first-order valence-corrected chi connectivity index (χ1v) is 8.70. The maximum absolute atomic E-state index is 9.42. The first kappa shape index (κ1) is 14.7. The molecule has 0 amide bonds. The fraction of sp³-hybridized carbons (Fsp3) is 0.706. The molecule has 0 aromatic carbocycles. The molecule has 1 aromatic rings. The van der Waals surface area contributed by atoms with Crippen LogP contribution in [-0.2, 0) is 4.74 Å². The van der Waals surface area contributed by atoms with E-state index in [0.717, 1.165) is 38.4 Å². The number of aromatic nitrogens is 2. The highest BCUT2D eigenvalue weighted by molar-refractivity contribution is 5.59. The second-order valence-corrected chi connectivity index (χ2v) is 6.95. The van der Waals surface area contributed by atoms with Crippen molar-refractivity contribution in [3.63, 3.8) is 0 Å². The van der Waals surface area contributed by atoms with E-state index in [-0.39, 0.29) is 5.54 Å². The van der Waals surface area contributed by atoms with Crippen LogP contribution >= 0.6 is 0 Å². The SMILES string of the molecule is N#Cc1cnc(NC2CCCCC2)nc1N1CCC12CCOC2. The van der Waals surface area contributed by atoms with E-state index in [0.29, 0.717) is 17.6 Å². The number of hydrogen-bond donors (Lipinski definition) is 1. The average Bonchev–Trinajstić information content (AvgIpc) is 3.07. The maximum Gasteiger partial charge on any atom is 0.224 e. The summed E-state index contributed by atoms with van der Waals surface area (Å²) in [6.45, 7) is 2.49. The standard InChI is InChI=1S/C17H23N5O/c18-10-13-11-19-16(20-14-4-2-1-3-5-14)21-15(13)22-8-6-17(22)7-9-23-12-17/h11,14H,1-9,12H2,(H,19,20,21). The number of rotatable bonds is 3.